The quantitative estimate of drug-likeness (QED) is 0.705. The first kappa shape index (κ1) is 13.8. The lowest BCUT2D eigenvalue weighted by atomic mass is 9.81. The van der Waals surface area contributed by atoms with Crippen LogP contribution in [0.1, 0.15) is 51.4 Å². The molecule has 0 bridgehead atoms. The van der Waals surface area contributed by atoms with Crippen molar-refractivity contribution in [1.29, 1.82) is 0 Å². The van der Waals surface area contributed by atoms with Gasteiger partial charge in [-0.15, -0.1) is 0 Å². The van der Waals surface area contributed by atoms with Crippen LogP contribution < -0.4 is 16.8 Å². The van der Waals surface area contributed by atoms with Gasteiger partial charge in [-0.1, -0.05) is 0 Å². The molecule has 2 fully saturated rings. The molecule has 0 aromatic heterocycles. The minimum atomic E-state index is 0.225. The summed E-state index contributed by atoms with van der Waals surface area (Å²) >= 11 is 0. The van der Waals surface area contributed by atoms with Gasteiger partial charge in [-0.3, -0.25) is 4.79 Å². The number of carbonyl (C=O) groups is 1. The van der Waals surface area contributed by atoms with E-state index in [1.165, 1.54) is 0 Å². The van der Waals surface area contributed by atoms with Gasteiger partial charge < -0.3 is 16.8 Å². The van der Waals surface area contributed by atoms with Crippen LogP contribution in [-0.4, -0.2) is 24.5 Å². The predicted molar refractivity (Wildman–Crippen MR) is 72.9 cm³/mol. The number of amides is 1. The largest absolute Gasteiger partial charge is 0.353 e. The first-order valence-corrected chi connectivity index (χ1v) is 7.45. The Morgan fingerprint density at radius 3 is 2.17 bits per heavy atom. The zero-order valence-corrected chi connectivity index (χ0v) is 11.2. The molecule has 0 saturated heterocycles. The zero-order valence-electron chi connectivity index (χ0n) is 11.2. The Morgan fingerprint density at radius 2 is 1.61 bits per heavy atom. The number of nitrogens with one attached hydrogen (secondary N) is 1. The Kier molecular flexibility index (Phi) is 5.01. The highest BCUT2D eigenvalue weighted by Gasteiger charge is 2.28. The molecule has 2 aliphatic carbocycles. The minimum absolute atomic E-state index is 0.225. The molecule has 0 unspecified atom stereocenters. The van der Waals surface area contributed by atoms with Crippen molar-refractivity contribution in [1.82, 2.24) is 5.32 Å². The summed E-state index contributed by atoms with van der Waals surface area (Å²) in [6.07, 6.45) is 8.44. The van der Waals surface area contributed by atoms with Crippen molar-refractivity contribution < 1.29 is 4.79 Å². The number of hydrogen-bond acceptors (Lipinski definition) is 3. The maximum Gasteiger partial charge on any atom is 0.223 e. The molecule has 0 spiro atoms. The fourth-order valence-corrected chi connectivity index (χ4v) is 3.24. The Balaban J connectivity index is 1.72. The van der Waals surface area contributed by atoms with E-state index in [4.69, 9.17) is 11.5 Å². The summed E-state index contributed by atoms with van der Waals surface area (Å²) in [7, 11) is 0. The second-order valence-corrected chi connectivity index (χ2v) is 6.07. The third kappa shape index (κ3) is 3.69. The summed E-state index contributed by atoms with van der Waals surface area (Å²) in [5.74, 6) is 1.14. The highest BCUT2D eigenvalue weighted by atomic mass is 16.1. The van der Waals surface area contributed by atoms with E-state index >= 15 is 0 Å². The second kappa shape index (κ2) is 6.53. The Bertz CT molecular complexity index is 266. The number of hydrogen-bond donors (Lipinski definition) is 3. The molecule has 4 nitrogen and oxygen atoms in total. The fourth-order valence-electron chi connectivity index (χ4n) is 3.24. The number of rotatable bonds is 3. The van der Waals surface area contributed by atoms with Crippen LogP contribution in [0.4, 0.5) is 0 Å². The van der Waals surface area contributed by atoms with Gasteiger partial charge in [0, 0.05) is 18.0 Å². The highest BCUT2D eigenvalue weighted by molar-refractivity contribution is 5.79. The van der Waals surface area contributed by atoms with Crippen LogP contribution in [0.25, 0.3) is 0 Å². The first-order valence-electron chi connectivity index (χ1n) is 7.45. The van der Waals surface area contributed by atoms with Gasteiger partial charge in [-0.25, -0.2) is 0 Å². The predicted octanol–water partition coefficient (Wildman–Crippen LogP) is 1.14. The molecule has 0 heterocycles. The normalized spacial score (nSPS) is 37.2. The van der Waals surface area contributed by atoms with Crippen molar-refractivity contribution in [3.05, 3.63) is 0 Å². The average Bonchev–Trinajstić information content (AvgIpc) is 2.41. The smallest absolute Gasteiger partial charge is 0.223 e. The second-order valence-electron chi connectivity index (χ2n) is 6.07. The number of carbonyl (C=O) groups excluding carboxylic acids is 1. The van der Waals surface area contributed by atoms with Crippen LogP contribution in [0.3, 0.4) is 0 Å². The molecule has 2 saturated carbocycles. The maximum absolute atomic E-state index is 12.2. The Labute approximate surface area is 110 Å². The van der Waals surface area contributed by atoms with Gasteiger partial charge in [-0.05, 0) is 63.8 Å². The summed E-state index contributed by atoms with van der Waals surface area (Å²) in [4.78, 5) is 12.2. The van der Waals surface area contributed by atoms with Gasteiger partial charge in [0.2, 0.25) is 5.91 Å². The summed E-state index contributed by atoms with van der Waals surface area (Å²) in [6.45, 7) is 0.773. The van der Waals surface area contributed by atoms with E-state index in [1.54, 1.807) is 0 Å². The third-order valence-corrected chi connectivity index (χ3v) is 4.67. The summed E-state index contributed by atoms with van der Waals surface area (Å²) in [6, 6.07) is 0.711. The van der Waals surface area contributed by atoms with Crippen LogP contribution in [-0.2, 0) is 4.79 Å². The van der Waals surface area contributed by atoms with Crippen molar-refractivity contribution in [3.63, 3.8) is 0 Å². The van der Waals surface area contributed by atoms with Gasteiger partial charge in [0.15, 0.2) is 0 Å². The minimum Gasteiger partial charge on any atom is -0.353 e. The van der Waals surface area contributed by atoms with Crippen molar-refractivity contribution in [2.45, 2.75) is 63.5 Å². The molecule has 2 aliphatic rings. The van der Waals surface area contributed by atoms with Gasteiger partial charge in [0.05, 0.1) is 0 Å². The van der Waals surface area contributed by atoms with Gasteiger partial charge in [0.1, 0.15) is 0 Å². The van der Waals surface area contributed by atoms with E-state index in [9.17, 15) is 4.79 Å². The molecular formula is C14H27N3O. The SMILES string of the molecule is NCC1CCC(C(=O)NC2CCC(N)CC2)CC1. The van der Waals surface area contributed by atoms with Gasteiger partial charge in [-0.2, -0.15) is 0 Å². The average molecular weight is 253 g/mol. The fraction of sp³-hybridized carbons (Fsp3) is 0.929. The molecule has 4 heteroatoms. The molecular weight excluding hydrogens is 226 g/mol. The molecule has 0 aromatic rings. The summed E-state index contributed by atoms with van der Waals surface area (Å²) < 4.78 is 0. The Morgan fingerprint density at radius 1 is 1.00 bits per heavy atom. The van der Waals surface area contributed by atoms with Crippen molar-refractivity contribution >= 4 is 5.91 Å². The van der Waals surface area contributed by atoms with E-state index in [2.05, 4.69) is 5.32 Å². The molecule has 1 amide bonds. The van der Waals surface area contributed by atoms with Gasteiger partial charge in [0.25, 0.3) is 0 Å². The maximum atomic E-state index is 12.2. The molecule has 0 atom stereocenters. The van der Waals surface area contributed by atoms with Crippen molar-refractivity contribution in [2.24, 2.45) is 23.3 Å². The Hall–Kier alpha value is -0.610. The molecule has 5 N–H and O–H groups in total. The molecule has 18 heavy (non-hydrogen) atoms. The molecule has 2 rings (SSSR count). The van der Waals surface area contributed by atoms with Crippen molar-refractivity contribution in [3.8, 4) is 0 Å². The highest BCUT2D eigenvalue weighted by Crippen LogP contribution is 2.28. The first-order chi connectivity index (χ1) is 8.69. The van der Waals surface area contributed by atoms with E-state index in [1.807, 2.05) is 0 Å². The molecule has 0 aromatic carbocycles. The van der Waals surface area contributed by atoms with E-state index in [-0.39, 0.29) is 11.8 Å². The topological polar surface area (TPSA) is 81.1 Å². The van der Waals surface area contributed by atoms with Crippen LogP contribution in [0, 0.1) is 11.8 Å². The zero-order chi connectivity index (χ0) is 13.0. The lowest BCUT2D eigenvalue weighted by molar-refractivity contribution is -0.127. The van der Waals surface area contributed by atoms with E-state index in [0.717, 1.165) is 57.9 Å². The number of nitrogens with two attached hydrogens (primary N) is 2. The summed E-state index contributed by atoms with van der Waals surface area (Å²) in [5.41, 5.74) is 11.6. The molecule has 0 aliphatic heterocycles. The third-order valence-electron chi connectivity index (χ3n) is 4.67. The standard InChI is InChI=1S/C14H27N3O/c15-9-10-1-3-11(4-2-10)14(18)17-13-7-5-12(16)6-8-13/h10-13H,1-9,15-16H2,(H,17,18). The van der Waals surface area contributed by atoms with E-state index in [0.29, 0.717) is 18.0 Å². The summed E-state index contributed by atoms with van der Waals surface area (Å²) in [5, 5.41) is 3.22. The molecule has 0 radical (unpaired) electrons. The van der Waals surface area contributed by atoms with Gasteiger partial charge >= 0.3 is 0 Å². The van der Waals surface area contributed by atoms with E-state index < -0.39 is 0 Å². The lowest BCUT2D eigenvalue weighted by Crippen LogP contribution is -2.43. The van der Waals surface area contributed by atoms with Crippen molar-refractivity contribution in [2.75, 3.05) is 6.54 Å². The molecule has 104 valence electrons. The van der Waals surface area contributed by atoms with Crippen LogP contribution >= 0.6 is 0 Å². The lowest BCUT2D eigenvalue weighted by Gasteiger charge is -2.31. The monoisotopic (exact) mass is 253 g/mol. The van der Waals surface area contributed by atoms with Crippen LogP contribution in [0.15, 0.2) is 0 Å². The van der Waals surface area contributed by atoms with Crippen LogP contribution in [0.5, 0.6) is 0 Å². The van der Waals surface area contributed by atoms with Crippen LogP contribution in [0.2, 0.25) is 0 Å².